The maximum absolute atomic E-state index is 12.8. The zero-order valence-electron chi connectivity index (χ0n) is 19.6. The normalized spacial score (nSPS) is 13.9. The maximum Gasteiger partial charge on any atom is 0.326 e. The zero-order valence-corrected chi connectivity index (χ0v) is 19.6. The average molecular weight is 519 g/mol. The van der Waals surface area contributed by atoms with Crippen molar-refractivity contribution in [2.45, 2.75) is 75.5 Å². The summed E-state index contributed by atoms with van der Waals surface area (Å²) in [6, 6.07) is -5.84. The number of carboxylic acid groups (broad SMARTS) is 3. The lowest BCUT2D eigenvalue weighted by atomic mass is 10.0. The summed E-state index contributed by atoms with van der Waals surface area (Å²) in [5.41, 5.74) is 16.3. The van der Waals surface area contributed by atoms with Gasteiger partial charge in [-0.05, 0) is 32.2 Å². The Morgan fingerprint density at radius 3 is 1.61 bits per heavy atom. The fourth-order valence-corrected chi connectivity index (χ4v) is 2.93. The molecule has 16 nitrogen and oxygen atoms in total. The summed E-state index contributed by atoms with van der Waals surface area (Å²) in [6.07, 6.45) is -1.26. The van der Waals surface area contributed by atoms with E-state index in [9.17, 15) is 33.6 Å². The monoisotopic (exact) mass is 518 g/mol. The summed E-state index contributed by atoms with van der Waals surface area (Å²) in [5.74, 6) is -8.16. The summed E-state index contributed by atoms with van der Waals surface area (Å²) >= 11 is 0. The highest BCUT2D eigenvalue weighted by Gasteiger charge is 2.31. The van der Waals surface area contributed by atoms with Gasteiger partial charge < -0.3 is 48.5 Å². The van der Waals surface area contributed by atoms with E-state index in [0.29, 0.717) is 19.4 Å². The van der Waals surface area contributed by atoms with Gasteiger partial charge >= 0.3 is 17.9 Å². The molecule has 4 unspecified atom stereocenters. The number of nitrogens with two attached hydrogens (primary N) is 3. The lowest BCUT2D eigenvalue weighted by Gasteiger charge is -2.24. The van der Waals surface area contributed by atoms with Gasteiger partial charge in [-0.1, -0.05) is 6.42 Å². The van der Waals surface area contributed by atoms with E-state index in [2.05, 4.69) is 10.6 Å². The van der Waals surface area contributed by atoms with Gasteiger partial charge in [-0.3, -0.25) is 28.8 Å². The van der Waals surface area contributed by atoms with E-state index in [1.165, 1.54) is 0 Å². The molecule has 0 aliphatic rings. The van der Waals surface area contributed by atoms with Gasteiger partial charge in [0.25, 0.3) is 0 Å². The first-order valence-electron chi connectivity index (χ1n) is 11.1. The van der Waals surface area contributed by atoms with Crippen LogP contribution in [-0.4, -0.2) is 87.6 Å². The van der Waals surface area contributed by atoms with Crippen LogP contribution < -0.4 is 33.2 Å². The van der Waals surface area contributed by atoms with Crippen LogP contribution in [0.1, 0.15) is 51.4 Å². The summed E-state index contributed by atoms with van der Waals surface area (Å²) < 4.78 is 0. The van der Waals surface area contributed by atoms with E-state index in [4.69, 9.17) is 32.5 Å². The Hall–Kier alpha value is -3.79. The van der Waals surface area contributed by atoms with Crippen molar-refractivity contribution < 1.29 is 48.9 Å². The van der Waals surface area contributed by atoms with Crippen LogP contribution in [0.2, 0.25) is 0 Å². The molecule has 0 aliphatic carbocycles. The predicted octanol–water partition coefficient (Wildman–Crippen LogP) is -3.41. The van der Waals surface area contributed by atoms with E-state index in [1.807, 2.05) is 5.32 Å². The molecular formula is C20H34N6O10. The number of hydrogen-bond acceptors (Lipinski definition) is 9. The Kier molecular flexibility index (Phi) is 15.0. The first-order chi connectivity index (χ1) is 16.8. The molecule has 0 fully saturated rings. The molecular weight excluding hydrogens is 484 g/mol. The van der Waals surface area contributed by atoms with Gasteiger partial charge in [0.15, 0.2) is 0 Å². The number of nitrogens with one attached hydrogen (secondary N) is 3. The number of carbonyl (C=O) groups excluding carboxylic acids is 4. The highest BCUT2D eigenvalue weighted by Crippen LogP contribution is 2.06. The number of primary amides is 1. The third-order valence-corrected chi connectivity index (χ3v) is 4.89. The third kappa shape index (κ3) is 13.8. The molecule has 0 radical (unpaired) electrons. The molecule has 0 aliphatic heterocycles. The van der Waals surface area contributed by atoms with E-state index in [1.54, 1.807) is 0 Å². The van der Waals surface area contributed by atoms with E-state index in [0.717, 1.165) is 0 Å². The van der Waals surface area contributed by atoms with Crippen LogP contribution >= 0.6 is 0 Å². The second kappa shape index (κ2) is 16.8. The topological polar surface area (TPSA) is 294 Å². The molecule has 204 valence electrons. The lowest BCUT2D eigenvalue weighted by Crippen LogP contribution is -2.57. The van der Waals surface area contributed by atoms with E-state index < -0.39 is 85.0 Å². The highest BCUT2D eigenvalue weighted by atomic mass is 16.4. The molecule has 0 saturated heterocycles. The van der Waals surface area contributed by atoms with Gasteiger partial charge in [-0.15, -0.1) is 0 Å². The Labute approximate surface area is 206 Å². The highest BCUT2D eigenvalue weighted by molar-refractivity contribution is 5.95. The molecule has 4 atom stereocenters. The van der Waals surface area contributed by atoms with Gasteiger partial charge in [0.05, 0.1) is 12.5 Å². The van der Waals surface area contributed by atoms with Crippen molar-refractivity contribution in [2.24, 2.45) is 17.2 Å². The van der Waals surface area contributed by atoms with Crippen LogP contribution in [-0.2, 0) is 33.6 Å². The molecule has 4 amide bonds. The molecule has 12 N–H and O–H groups in total. The fraction of sp³-hybridized carbons (Fsp3) is 0.650. The minimum atomic E-state index is -1.84. The first-order valence-corrected chi connectivity index (χ1v) is 11.1. The first kappa shape index (κ1) is 32.2. The second-order valence-electron chi connectivity index (χ2n) is 7.95. The Bertz CT molecular complexity index is 821. The minimum absolute atomic E-state index is 0.250. The molecule has 0 rings (SSSR count). The number of aliphatic carboxylic acids is 3. The Morgan fingerprint density at radius 2 is 1.17 bits per heavy atom. The molecule has 16 heteroatoms. The van der Waals surface area contributed by atoms with Crippen LogP contribution in [0, 0.1) is 0 Å². The standard InChI is InChI=1S/C20H34N6O10/c21-8-2-1-3-10(22)17(32)24-12(5-7-15(28)29)18(33)25-11(4-6-14(23)27)19(34)26-13(20(35)36)9-16(30)31/h10-13H,1-9,21-22H2,(H2,23,27)(H,24,32)(H,25,33)(H,26,34)(H,28,29)(H,30,31)(H,35,36). The second-order valence-corrected chi connectivity index (χ2v) is 7.95. The van der Waals surface area contributed by atoms with Gasteiger partial charge in [0.2, 0.25) is 23.6 Å². The van der Waals surface area contributed by atoms with Crippen LogP contribution in [0.25, 0.3) is 0 Å². The van der Waals surface area contributed by atoms with Crippen molar-refractivity contribution in [3.63, 3.8) is 0 Å². The van der Waals surface area contributed by atoms with Crippen molar-refractivity contribution in [1.29, 1.82) is 0 Å². The fourth-order valence-electron chi connectivity index (χ4n) is 2.93. The number of carboxylic acids is 3. The number of carbonyl (C=O) groups is 7. The summed E-state index contributed by atoms with van der Waals surface area (Å²) in [5, 5.41) is 33.4. The Morgan fingerprint density at radius 1 is 0.667 bits per heavy atom. The lowest BCUT2D eigenvalue weighted by molar-refractivity contribution is -0.147. The molecule has 0 aromatic heterocycles. The molecule has 0 bridgehead atoms. The van der Waals surface area contributed by atoms with Gasteiger partial charge in [0, 0.05) is 12.8 Å². The number of unbranched alkanes of at least 4 members (excludes halogenated alkanes) is 1. The van der Waals surface area contributed by atoms with Gasteiger partial charge in [0.1, 0.15) is 18.1 Å². The zero-order chi connectivity index (χ0) is 27.8. The van der Waals surface area contributed by atoms with Crippen LogP contribution in [0.4, 0.5) is 0 Å². The predicted molar refractivity (Wildman–Crippen MR) is 122 cm³/mol. The van der Waals surface area contributed by atoms with Crippen molar-refractivity contribution in [2.75, 3.05) is 6.54 Å². The van der Waals surface area contributed by atoms with Crippen LogP contribution in [0.5, 0.6) is 0 Å². The number of rotatable bonds is 19. The van der Waals surface area contributed by atoms with E-state index in [-0.39, 0.29) is 19.3 Å². The van der Waals surface area contributed by atoms with Gasteiger partial charge in [-0.2, -0.15) is 0 Å². The summed E-state index contributed by atoms with van der Waals surface area (Å²) in [4.78, 5) is 82.2. The quantitative estimate of drug-likeness (QED) is 0.0755. The van der Waals surface area contributed by atoms with Crippen LogP contribution in [0.15, 0.2) is 0 Å². The molecule has 36 heavy (non-hydrogen) atoms. The largest absolute Gasteiger partial charge is 0.481 e. The molecule has 0 heterocycles. The summed E-state index contributed by atoms with van der Waals surface area (Å²) in [6.45, 7) is 0.391. The Balaban J connectivity index is 5.59. The van der Waals surface area contributed by atoms with Crippen molar-refractivity contribution in [1.82, 2.24) is 16.0 Å². The molecule has 0 aromatic carbocycles. The number of amides is 4. The molecule has 0 spiro atoms. The SMILES string of the molecule is NCCCCC(N)C(=O)NC(CCC(=O)O)C(=O)NC(CCC(N)=O)C(=O)NC(CC(=O)O)C(=O)O. The average Bonchev–Trinajstić information content (AvgIpc) is 2.77. The van der Waals surface area contributed by atoms with E-state index >= 15 is 0 Å². The third-order valence-electron chi connectivity index (χ3n) is 4.89. The smallest absolute Gasteiger partial charge is 0.326 e. The van der Waals surface area contributed by atoms with Gasteiger partial charge in [-0.25, -0.2) is 4.79 Å². The van der Waals surface area contributed by atoms with Crippen molar-refractivity contribution >= 4 is 41.5 Å². The van der Waals surface area contributed by atoms with Crippen LogP contribution in [0.3, 0.4) is 0 Å². The number of hydrogen-bond donors (Lipinski definition) is 9. The minimum Gasteiger partial charge on any atom is -0.481 e. The van der Waals surface area contributed by atoms with Crippen molar-refractivity contribution in [3.05, 3.63) is 0 Å². The molecule has 0 saturated carbocycles. The maximum atomic E-state index is 12.8. The summed E-state index contributed by atoms with van der Waals surface area (Å²) in [7, 11) is 0. The van der Waals surface area contributed by atoms with Crippen molar-refractivity contribution in [3.8, 4) is 0 Å². The molecule has 0 aromatic rings.